The fraction of sp³-hybridized carbons (Fsp3) is 0.400. The first kappa shape index (κ1) is 11.9. The molecule has 1 unspecified atom stereocenters. The molecule has 0 bridgehead atoms. The standard InChI is InChI=1S/C10H14F2N2O/c1-10(14,5-13)6-3-8(12)9(15-2)4-7(6)11/h3-4H,5,13-14H2,1-2H3. The van der Waals surface area contributed by atoms with E-state index in [4.69, 9.17) is 11.5 Å². The Morgan fingerprint density at radius 1 is 1.33 bits per heavy atom. The minimum Gasteiger partial charge on any atom is -0.494 e. The molecule has 1 rings (SSSR count). The fourth-order valence-electron chi connectivity index (χ4n) is 1.23. The van der Waals surface area contributed by atoms with Crippen LogP contribution in [0, 0.1) is 11.6 Å². The second-order valence-electron chi connectivity index (χ2n) is 3.59. The molecule has 0 spiro atoms. The molecule has 5 heteroatoms. The summed E-state index contributed by atoms with van der Waals surface area (Å²) in [6.07, 6.45) is 0. The van der Waals surface area contributed by atoms with Gasteiger partial charge >= 0.3 is 0 Å². The summed E-state index contributed by atoms with van der Waals surface area (Å²) >= 11 is 0. The van der Waals surface area contributed by atoms with Crippen LogP contribution < -0.4 is 16.2 Å². The Labute approximate surface area is 87.0 Å². The predicted molar refractivity (Wildman–Crippen MR) is 53.5 cm³/mol. The summed E-state index contributed by atoms with van der Waals surface area (Å²) in [7, 11) is 1.27. The van der Waals surface area contributed by atoms with Crippen LogP contribution in [-0.4, -0.2) is 13.7 Å². The number of hydrogen-bond acceptors (Lipinski definition) is 3. The maximum atomic E-state index is 13.5. The SMILES string of the molecule is COc1cc(F)c(C(C)(N)CN)cc1F. The molecule has 4 N–H and O–H groups in total. The van der Waals surface area contributed by atoms with Crippen LogP contribution >= 0.6 is 0 Å². The van der Waals surface area contributed by atoms with Gasteiger partial charge in [0.05, 0.1) is 12.6 Å². The van der Waals surface area contributed by atoms with Gasteiger partial charge in [0, 0.05) is 18.2 Å². The highest BCUT2D eigenvalue weighted by atomic mass is 19.1. The molecule has 1 aromatic rings. The first-order valence-corrected chi connectivity index (χ1v) is 4.45. The molecule has 1 aromatic carbocycles. The van der Waals surface area contributed by atoms with Gasteiger partial charge in [-0.25, -0.2) is 8.78 Å². The van der Waals surface area contributed by atoms with Crippen LogP contribution in [0.15, 0.2) is 12.1 Å². The molecule has 0 fully saturated rings. The molecule has 0 amide bonds. The van der Waals surface area contributed by atoms with E-state index in [1.54, 1.807) is 0 Å². The minimum absolute atomic E-state index is 0.0235. The average molecular weight is 216 g/mol. The van der Waals surface area contributed by atoms with Crippen molar-refractivity contribution >= 4 is 0 Å². The van der Waals surface area contributed by atoms with Crippen LogP contribution in [-0.2, 0) is 5.54 Å². The Morgan fingerprint density at radius 2 is 1.93 bits per heavy atom. The topological polar surface area (TPSA) is 61.3 Å². The molecular formula is C10H14F2N2O. The molecule has 0 radical (unpaired) electrons. The zero-order chi connectivity index (χ0) is 11.6. The van der Waals surface area contributed by atoms with E-state index in [1.165, 1.54) is 14.0 Å². The molecule has 0 aliphatic carbocycles. The van der Waals surface area contributed by atoms with Crippen molar-refractivity contribution < 1.29 is 13.5 Å². The van der Waals surface area contributed by atoms with E-state index in [0.29, 0.717) is 0 Å². The van der Waals surface area contributed by atoms with Gasteiger partial charge in [-0.2, -0.15) is 0 Å². The summed E-state index contributed by atoms with van der Waals surface area (Å²) in [4.78, 5) is 0. The summed E-state index contributed by atoms with van der Waals surface area (Å²) in [5, 5.41) is 0. The molecule has 15 heavy (non-hydrogen) atoms. The number of nitrogens with two attached hydrogens (primary N) is 2. The average Bonchev–Trinajstić information content (AvgIpc) is 2.20. The lowest BCUT2D eigenvalue weighted by Gasteiger charge is -2.24. The van der Waals surface area contributed by atoms with Gasteiger partial charge in [0.2, 0.25) is 0 Å². The number of halogens is 2. The monoisotopic (exact) mass is 216 g/mol. The Balaban J connectivity index is 3.28. The van der Waals surface area contributed by atoms with E-state index in [2.05, 4.69) is 4.74 Å². The molecule has 0 aliphatic heterocycles. The van der Waals surface area contributed by atoms with Gasteiger partial charge < -0.3 is 16.2 Å². The van der Waals surface area contributed by atoms with E-state index in [0.717, 1.165) is 12.1 Å². The Bertz CT molecular complexity index is 367. The van der Waals surface area contributed by atoms with Crippen LogP contribution in [0.3, 0.4) is 0 Å². The molecule has 0 aliphatic rings. The van der Waals surface area contributed by atoms with Crippen molar-refractivity contribution in [1.29, 1.82) is 0 Å². The van der Waals surface area contributed by atoms with Crippen LogP contribution in [0.4, 0.5) is 8.78 Å². The normalized spacial score (nSPS) is 14.8. The lowest BCUT2D eigenvalue weighted by molar-refractivity contribution is 0.377. The van der Waals surface area contributed by atoms with Crippen molar-refractivity contribution in [3.63, 3.8) is 0 Å². The van der Waals surface area contributed by atoms with E-state index in [9.17, 15) is 8.78 Å². The van der Waals surface area contributed by atoms with Gasteiger partial charge in [-0.15, -0.1) is 0 Å². The van der Waals surface area contributed by atoms with Gasteiger partial charge in [0.1, 0.15) is 5.82 Å². The Morgan fingerprint density at radius 3 is 2.40 bits per heavy atom. The highest BCUT2D eigenvalue weighted by Crippen LogP contribution is 2.26. The van der Waals surface area contributed by atoms with Gasteiger partial charge in [0.15, 0.2) is 11.6 Å². The lowest BCUT2D eigenvalue weighted by Crippen LogP contribution is -2.41. The minimum atomic E-state index is -1.09. The van der Waals surface area contributed by atoms with E-state index >= 15 is 0 Å². The fourth-order valence-corrected chi connectivity index (χ4v) is 1.23. The number of hydrogen-bond donors (Lipinski definition) is 2. The highest BCUT2D eigenvalue weighted by Gasteiger charge is 2.25. The van der Waals surface area contributed by atoms with Crippen LogP contribution in [0.1, 0.15) is 12.5 Å². The van der Waals surface area contributed by atoms with Crippen LogP contribution in [0.5, 0.6) is 5.75 Å². The molecular weight excluding hydrogens is 202 g/mol. The Hall–Kier alpha value is -1.20. The number of methoxy groups -OCH3 is 1. The Kier molecular flexibility index (Phi) is 3.26. The van der Waals surface area contributed by atoms with Crippen molar-refractivity contribution in [3.8, 4) is 5.75 Å². The summed E-state index contributed by atoms with van der Waals surface area (Å²) in [5.74, 6) is -1.42. The molecule has 0 saturated carbocycles. The van der Waals surface area contributed by atoms with Crippen LogP contribution in [0.25, 0.3) is 0 Å². The third kappa shape index (κ3) is 2.24. The largest absolute Gasteiger partial charge is 0.494 e. The van der Waals surface area contributed by atoms with Crippen molar-refractivity contribution in [2.24, 2.45) is 11.5 Å². The van der Waals surface area contributed by atoms with Crippen LogP contribution in [0.2, 0.25) is 0 Å². The number of rotatable bonds is 3. The maximum absolute atomic E-state index is 13.5. The summed E-state index contributed by atoms with van der Waals surface area (Å²) in [6.45, 7) is 1.56. The summed E-state index contributed by atoms with van der Waals surface area (Å²) in [5.41, 5.74) is 10.1. The summed E-state index contributed by atoms with van der Waals surface area (Å²) in [6, 6.07) is 1.98. The smallest absolute Gasteiger partial charge is 0.165 e. The molecule has 1 atom stereocenters. The zero-order valence-electron chi connectivity index (χ0n) is 8.68. The van der Waals surface area contributed by atoms with Crippen molar-refractivity contribution in [2.75, 3.05) is 13.7 Å². The predicted octanol–water partition coefficient (Wildman–Crippen LogP) is 1.11. The van der Waals surface area contributed by atoms with Crippen molar-refractivity contribution in [3.05, 3.63) is 29.3 Å². The number of ether oxygens (including phenoxy) is 1. The molecule has 0 aromatic heterocycles. The third-order valence-electron chi connectivity index (χ3n) is 2.28. The van der Waals surface area contributed by atoms with E-state index < -0.39 is 17.2 Å². The van der Waals surface area contributed by atoms with Gasteiger partial charge in [-0.05, 0) is 13.0 Å². The van der Waals surface area contributed by atoms with Crippen molar-refractivity contribution in [2.45, 2.75) is 12.5 Å². The molecule has 0 saturated heterocycles. The van der Waals surface area contributed by atoms with E-state index in [1.807, 2.05) is 0 Å². The van der Waals surface area contributed by atoms with Gasteiger partial charge in [0.25, 0.3) is 0 Å². The second-order valence-corrected chi connectivity index (χ2v) is 3.59. The lowest BCUT2D eigenvalue weighted by atomic mass is 9.92. The van der Waals surface area contributed by atoms with Crippen molar-refractivity contribution in [1.82, 2.24) is 0 Å². The highest BCUT2D eigenvalue weighted by molar-refractivity contribution is 5.34. The number of benzene rings is 1. The first-order chi connectivity index (χ1) is 6.92. The van der Waals surface area contributed by atoms with Gasteiger partial charge in [-0.1, -0.05) is 0 Å². The van der Waals surface area contributed by atoms with E-state index in [-0.39, 0.29) is 17.9 Å². The quantitative estimate of drug-likeness (QED) is 0.795. The third-order valence-corrected chi connectivity index (χ3v) is 2.28. The first-order valence-electron chi connectivity index (χ1n) is 4.45. The zero-order valence-corrected chi connectivity index (χ0v) is 8.68. The molecule has 0 heterocycles. The molecule has 84 valence electrons. The second kappa shape index (κ2) is 4.12. The maximum Gasteiger partial charge on any atom is 0.165 e. The summed E-state index contributed by atoms with van der Waals surface area (Å²) < 4.78 is 31.5. The molecule has 3 nitrogen and oxygen atoms in total. The van der Waals surface area contributed by atoms with Gasteiger partial charge in [-0.3, -0.25) is 0 Å².